The minimum Gasteiger partial charge on any atom is -0.444 e. The largest absolute Gasteiger partial charge is 0.444 e. The number of aliphatic imine (C=N–C) groups is 1. The number of rotatable bonds is 5. The van der Waals surface area contributed by atoms with Gasteiger partial charge in [0.25, 0.3) is 0 Å². The molecule has 1 unspecified atom stereocenters. The van der Waals surface area contributed by atoms with Crippen LogP contribution in [0.5, 0.6) is 0 Å². The zero-order chi connectivity index (χ0) is 23.1. The summed E-state index contributed by atoms with van der Waals surface area (Å²) >= 11 is 0. The maximum Gasteiger partial charge on any atom is 0.410 e. The smallest absolute Gasteiger partial charge is 0.410 e. The molecule has 0 radical (unpaired) electrons. The van der Waals surface area contributed by atoms with Crippen molar-refractivity contribution in [2.45, 2.75) is 38.8 Å². The number of nitrogens with zero attached hydrogens (tertiary/aromatic N) is 5. The number of hydrogen-bond acceptors (Lipinski definition) is 6. The van der Waals surface area contributed by atoms with Gasteiger partial charge in [0, 0.05) is 71.6 Å². The van der Waals surface area contributed by atoms with Gasteiger partial charge in [-0.15, -0.1) is 24.0 Å². The van der Waals surface area contributed by atoms with Crippen molar-refractivity contribution in [2.24, 2.45) is 4.99 Å². The molecule has 2 fully saturated rings. The second-order valence-corrected chi connectivity index (χ2v) is 9.19. The summed E-state index contributed by atoms with van der Waals surface area (Å²) in [6.07, 6.45) is 2.27. The number of halogens is 2. The second-order valence-electron chi connectivity index (χ2n) is 9.19. The van der Waals surface area contributed by atoms with Gasteiger partial charge in [0.05, 0.1) is 0 Å². The first-order valence-corrected chi connectivity index (χ1v) is 11.3. The Labute approximate surface area is 213 Å². The molecule has 1 aromatic rings. The molecule has 3 heterocycles. The Bertz CT molecular complexity index is 797. The molecule has 1 atom stereocenters. The van der Waals surface area contributed by atoms with E-state index in [0.717, 1.165) is 45.1 Å². The molecular formula is C22H37FIN7O2. The van der Waals surface area contributed by atoms with Crippen LogP contribution in [0.1, 0.15) is 27.2 Å². The molecule has 2 aliphatic rings. The Hall–Kier alpha value is -1.89. The van der Waals surface area contributed by atoms with Crippen molar-refractivity contribution in [2.75, 3.05) is 64.3 Å². The molecule has 1 aromatic heterocycles. The van der Waals surface area contributed by atoms with Crippen LogP contribution in [-0.4, -0.2) is 97.9 Å². The minimum atomic E-state index is -0.469. The summed E-state index contributed by atoms with van der Waals surface area (Å²) in [7, 11) is 1.75. The summed E-state index contributed by atoms with van der Waals surface area (Å²) in [5.41, 5.74) is -0.469. The quantitative estimate of drug-likeness (QED) is 0.315. The number of anilines is 1. The van der Waals surface area contributed by atoms with Crippen molar-refractivity contribution in [1.82, 2.24) is 25.4 Å². The van der Waals surface area contributed by atoms with E-state index < -0.39 is 5.60 Å². The van der Waals surface area contributed by atoms with Crippen LogP contribution in [0, 0.1) is 5.82 Å². The Morgan fingerprint density at radius 3 is 2.64 bits per heavy atom. The lowest BCUT2D eigenvalue weighted by Gasteiger charge is -2.35. The standard InChI is InChI=1S/C22H36FN7O2.HI/c1-22(2,3)32-21(31)29-14-12-28(13-15-29)11-9-26-20(24-4)27-17-7-10-30(16-17)19-18(23)6-5-8-25-19;/h5-6,8,17H,7,9-16H2,1-4H3,(H2,24,26,27);1H. The zero-order valence-electron chi connectivity index (χ0n) is 20.0. The lowest BCUT2D eigenvalue weighted by molar-refractivity contribution is 0.0147. The summed E-state index contributed by atoms with van der Waals surface area (Å²) in [5.74, 6) is 0.860. The highest BCUT2D eigenvalue weighted by Gasteiger charge is 2.27. The Kier molecular flexibility index (Phi) is 10.4. The Balaban J connectivity index is 0.00000385. The molecule has 0 saturated carbocycles. The summed E-state index contributed by atoms with van der Waals surface area (Å²) in [6, 6.07) is 3.23. The maximum atomic E-state index is 14.0. The van der Waals surface area contributed by atoms with Crippen LogP contribution < -0.4 is 15.5 Å². The van der Waals surface area contributed by atoms with Crippen LogP contribution in [0.25, 0.3) is 0 Å². The van der Waals surface area contributed by atoms with Gasteiger partial charge in [-0.2, -0.15) is 0 Å². The third-order valence-corrected chi connectivity index (χ3v) is 5.54. The van der Waals surface area contributed by atoms with E-state index >= 15 is 0 Å². The number of piperazine rings is 1. The molecule has 3 rings (SSSR count). The van der Waals surface area contributed by atoms with Crippen LogP contribution >= 0.6 is 24.0 Å². The van der Waals surface area contributed by atoms with Gasteiger partial charge in [-0.3, -0.25) is 9.89 Å². The topological polar surface area (TPSA) is 85.3 Å². The number of amides is 1. The highest BCUT2D eigenvalue weighted by Crippen LogP contribution is 2.20. The fourth-order valence-corrected chi connectivity index (χ4v) is 3.88. The van der Waals surface area contributed by atoms with E-state index in [1.807, 2.05) is 25.7 Å². The highest BCUT2D eigenvalue weighted by molar-refractivity contribution is 14.0. The first-order chi connectivity index (χ1) is 15.2. The number of nitrogens with one attached hydrogen (secondary N) is 2. The molecule has 186 valence electrons. The zero-order valence-corrected chi connectivity index (χ0v) is 22.3. The average molecular weight is 577 g/mol. The molecule has 0 aromatic carbocycles. The number of guanidine groups is 1. The van der Waals surface area contributed by atoms with Crippen molar-refractivity contribution in [3.63, 3.8) is 0 Å². The Morgan fingerprint density at radius 2 is 2.00 bits per heavy atom. The normalized spacial score (nSPS) is 19.8. The second kappa shape index (κ2) is 12.5. The van der Waals surface area contributed by atoms with Gasteiger partial charge in [0.1, 0.15) is 5.60 Å². The lowest BCUT2D eigenvalue weighted by Crippen LogP contribution is -2.52. The van der Waals surface area contributed by atoms with Crippen molar-refractivity contribution in [1.29, 1.82) is 0 Å². The molecule has 9 nitrogen and oxygen atoms in total. The van der Waals surface area contributed by atoms with Crippen molar-refractivity contribution < 1.29 is 13.9 Å². The van der Waals surface area contributed by atoms with Crippen molar-refractivity contribution >= 4 is 41.8 Å². The van der Waals surface area contributed by atoms with Gasteiger partial charge in [0.15, 0.2) is 17.6 Å². The van der Waals surface area contributed by atoms with Gasteiger partial charge in [0.2, 0.25) is 0 Å². The molecule has 0 bridgehead atoms. The van der Waals surface area contributed by atoms with E-state index in [2.05, 4.69) is 25.5 Å². The van der Waals surface area contributed by atoms with Crippen molar-refractivity contribution in [3.05, 3.63) is 24.1 Å². The molecule has 33 heavy (non-hydrogen) atoms. The van der Waals surface area contributed by atoms with Crippen LogP contribution in [0.3, 0.4) is 0 Å². The number of carbonyl (C=O) groups is 1. The number of hydrogen-bond donors (Lipinski definition) is 2. The maximum absolute atomic E-state index is 14.0. The van der Waals surface area contributed by atoms with Crippen LogP contribution in [0.15, 0.2) is 23.3 Å². The fraction of sp³-hybridized carbons (Fsp3) is 0.682. The summed E-state index contributed by atoms with van der Waals surface area (Å²) < 4.78 is 19.4. The van der Waals surface area contributed by atoms with Crippen LogP contribution in [0.4, 0.5) is 15.0 Å². The molecule has 2 N–H and O–H groups in total. The summed E-state index contributed by atoms with van der Waals surface area (Å²) in [5, 5.41) is 6.78. The number of aromatic nitrogens is 1. The highest BCUT2D eigenvalue weighted by atomic mass is 127. The molecular weight excluding hydrogens is 540 g/mol. The average Bonchev–Trinajstić information content (AvgIpc) is 3.21. The van der Waals surface area contributed by atoms with E-state index in [0.29, 0.717) is 25.5 Å². The van der Waals surface area contributed by atoms with Crippen molar-refractivity contribution in [3.8, 4) is 0 Å². The van der Waals surface area contributed by atoms with Crippen LogP contribution in [0.2, 0.25) is 0 Å². The summed E-state index contributed by atoms with van der Waals surface area (Å²) in [6.45, 7) is 11.7. The minimum absolute atomic E-state index is 0. The first-order valence-electron chi connectivity index (χ1n) is 11.3. The molecule has 11 heteroatoms. The third kappa shape index (κ3) is 8.43. The fourth-order valence-electron chi connectivity index (χ4n) is 3.88. The first kappa shape index (κ1) is 27.4. The van der Waals surface area contributed by atoms with E-state index in [1.54, 1.807) is 24.2 Å². The van der Waals surface area contributed by atoms with E-state index in [4.69, 9.17) is 4.74 Å². The monoisotopic (exact) mass is 577 g/mol. The number of ether oxygens (including phenoxy) is 1. The van der Waals surface area contributed by atoms with E-state index in [-0.39, 0.29) is 41.9 Å². The molecule has 1 amide bonds. The molecule has 0 spiro atoms. The number of pyridine rings is 1. The SMILES string of the molecule is CN=C(NCCN1CCN(C(=O)OC(C)(C)C)CC1)NC1CCN(c2ncccc2F)C1.I. The predicted octanol–water partition coefficient (Wildman–Crippen LogP) is 2.14. The summed E-state index contributed by atoms with van der Waals surface area (Å²) in [4.78, 5) is 26.7. The van der Waals surface area contributed by atoms with Gasteiger partial charge >= 0.3 is 6.09 Å². The van der Waals surface area contributed by atoms with E-state index in [1.165, 1.54) is 6.07 Å². The molecule has 0 aliphatic carbocycles. The number of carbonyl (C=O) groups excluding carboxylic acids is 1. The van der Waals surface area contributed by atoms with Gasteiger partial charge in [-0.1, -0.05) is 0 Å². The van der Waals surface area contributed by atoms with E-state index in [9.17, 15) is 9.18 Å². The molecule has 2 aliphatic heterocycles. The molecule has 2 saturated heterocycles. The lowest BCUT2D eigenvalue weighted by atomic mass is 10.2. The predicted molar refractivity (Wildman–Crippen MR) is 139 cm³/mol. The Morgan fingerprint density at radius 1 is 1.27 bits per heavy atom. The third-order valence-electron chi connectivity index (χ3n) is 5.54. The van der Waals surface area contributed by atoms with Gasteiger partial charge in [-0.25, -0.2) is 14.2 Å². The van der Waals surface area contributed by atoms with Gasteiger partial charge in [-0.05, 0) is 39.3 Å². The van der Waals surface area contributed by atoms with Gasteiger partial charge < -0.3 is 25.2 Å². The van der Waals surface area contributed by atoms with Crippen LogP contribution in [-0.2, 0) is 4.74 Å².